The van der Waals surface area contributed by atoms with E-state index in [2.05, 4.69) is 5.32 Å². The third-order valence-electron chi connectivity index (χ3n) is 2.06. The molecule has 0 spiro atoms. The third-order valence-corrected chi connectivity index (χ3v) is 2.06. The predicted octanol–water partition coefficient (Wildman–Crippen LogP) is 1.26. The van der Waals surface area contributed by atoms with Crippen LogP contribution >= 0.6 is 0 Å². The molecule has 3 heteroatoms. The first-order chi connectivity index (χ1) is 6.31. The Labute approximate surface area is 76.0 Å². The van der Waals surface area contributed by atoms with Crippen LogP contribution < -0.4 is 5.32 Å². The van der Waals surface area contributed by atoms with Gasteiger partial charge in [-0.1, -0.05) is 12.1 Å². The highest BCUT2D eigenvalue weighted by Crippen LogP contribution is 2.20. The molecule has 0 saturated heterocycles. The second-order valence-corrected chi connectivity index (χ2v) is 2.92. The second kappa shape index (κ2) is 3.09. The molecular weight excluding hydrogens is 166 g/mol. The number of carbonyl (C=O) groups excluding carboxylic acids is 1. The van der Waals surface area contributed by atoms with Crippen molar-refractivity contribution in [3.05, 3.63) is 28.6 Å². The quantitative estimate of drug-likeness (QED) is 0.714. The largest absolute Gasteiger partial charge is 0.465 e. The lowest BCUT2D eigenvalue weighted by Gasteiger charge is -2.12. The summed E-state index contributed by atoms with van der Waals surface area (Å²) in [6, 6.07) is 6.10. The van der Waals surface area contributed by atoms with Crippen LogP contribution in [-0.2, 0) is 9.53 Å². The van der Waals surface area contributed by atoms with Crippen LogP contribution in [0.2, 0.25) is 0 Å². The van der Waals surface area contributed by atoms with E-state index < -0.39 is 0 Å². The number of anilines is 1. The number of hydrogen-bond acceptors (Lipinski definition) is 3. The summed E-state index contributed by atoms with van der Waals surface area (Å²) in [4.78, 5) is 10.9. The zero-order valence-corrected chi connectivity index (χ0v) is 7.46. The third kappa shape index (κ3) is 1.37. The lowest BCUT2D eigenvalue weighted by Crippen LogP contribution is -2.17. The molecule has 68 valence electrons. The Morgan fingerprint density at radius 3 is 2.85 bits per heavy atom. The van der Waals surface area contributed by atoms with Crippen molar-refractivity contribution in [3.8, 4) is 0 Å². The van der Waals surface area contributed by atoms with Gasteiger partial charge in [0, 0.05) is 10.9 Å². The minimum absolute atomic E-state index is 0.208. The number of esters is 1. The van der Waals surface area contributed by atoms with Crippen molar-refractivity contribution in [2.75, 3.05) is 18.5 Å². The Hall–Kier alpha value is -1.51. The van der Waals surface area contributed by atoms with Crippen LogP contribution in [0.25, 0.3) is 0 Å². The Morgan fingerprint density at radius 2 is 2.38 bits per heavy atom. The van der Waals surface area contributed by atoms with Crippen LogP contribution in [0.5, 0.6) is 0 Å². The van der Waals surface area contributed by atoms with Gasteiger partial charge in [0.25, 0.3) is 0 Å². The van der Waals surface area contributed by atoms with Gasteiger partial charge in [-0.05, 0) is 18.2 Å². The van der Waals surface area contributed by atoms with Gasteiger partial charge in [-0.3, -0.25) is 4.79 Å². The molecule has 0 aromatic rings. The smallest absolute Gasteiger partial charge is 0.325 e. The molecule has 0 aliphatic heterocycles. The monoisotopic (exact) mass is 177 g/mol. The van der Waals surface area contributed by atoms with Crippen molar-refractivity contribution in [1.29, 1.82) is 0 Å². The highest BCUT2D eigenvalue weighted by atomic mass is 16.5. The van der Waals surface area contributed by atoms with Gasteiger partial charge in [-0.25, -0.2) is 0 Å². The van der Waals surface area contributed by atoms with Gasteiger partial charge in [0.2, 0.25) is 0 Å². The number of ether oxygens (including phenoxy) is 1. The average Bonchev–Trinajstić information content (AvgIpc) is 2.08. The maximum atomic E-state index is 10.9. The summed E-state index contributed by atoms with van der Waals surface area (Å²) in [7, 11) is 0. The topological polar surface area (TPSA) is 38.3 Å². The molecule has 3 nitrogen and oxygen atoms in total. The van der Waals surface area contributed by atoms with Crippen LogP contribution in [0.15, 0.2) is 18.2 Å². The molecule has 0 saturated carbocycles. The molecule has 2 aliphatic carbocycles. The normalized spacial score (nSPS) is 10.8. The number of hydrogen-bond donors (Lipinski definition) is 1. The summed E-state index contributed by atoms with van der Waals surface area (Å²) in [5.41, 5.74) is 1.05. The van der Waals surface area contributed by atoms with Crippen LogP contribution in [0.3, 0.4) is 0 Å². The molecule has 0 unspecified atom stereocenters. The Morgan fingerprint density at radius 1 is 1.54 bits per heavy atom. The van der Waals surface area contributed by atoms with E-state index in [1.165, 1.54) is 10.4 Å². The first-order valence-electron chi connectivity index (χ1n) is 4.35. The fourth-order valence-electron chi connectivity index (χ4n) is 1.32. The maximum absolute atomic E-state index is 10.9. The van der Waals surface area contributed by atoms with Gasteiger partial charge in [0.05, 0.1) is 6.61 Å². The fraction of sp³-hybridized carbons (Fsp3) is 0.300. The van der Waals surface area contributed by atoms with Crippen LogP contribution in [0.4, 0.5) is 5.69 Å². The minimum Gasteiger partial charge on any atom is -0.465 e. The lowest BCUT2D eigenvalue weighted by atomic mass is 10.0. The van der Waals surface area contributed by atoms with E-state index in [0.717, 1.165) is 5.69 Å². The van der Waals surface area contributed by atoms with Crippen molar-refractivity contribution < 1.29 is 9.53 Å². The van der Waals surface area contributed by atoms with Gasteiger partial charge >= 0.3 is 5.97 Å². The standard InChI is InChI=1S/C10H11NO2/c1-2-13-10(12)6-11-9-5-7-3-4-8(7)9/h3-5,11H,2,6H2,1H3. The van der Waals surface area contributed by atoms with Crippen LogP contribution in [0.1, 0.15) is 6.92 Å². The van der Waals surface area contributed by atoms with E-state index in [9.17, 15) is 4.79 Å². The first-order valence-corrected chi connectivity index (χ1v) is 4.35. The van der Waals surface area contributed by atoms with Gasteiger partial charge in [-0.2, -0.15) is 0 Å². The van der Waals surface area contributed by atoms with Gasteiger partial charge in [0.1, 0.15) is 6.54 Å². The highest BCUT2D eigenvalue weighted by molar-refractivity contribution is 5.75. The summed E-state index contributed by atoms with van der Waals surface area (Å²) < 4.78 is 4.78. The molecular formula is C10H11NO2. The molecule has 0 fully saturated rings. The van der Waals surface area contributed by atoms with Gasteiger partial charge in [-0.15, -0.1) is 0 Å². The molecule has 0 aromatic heterocycles. The summed E-state index contributed by atoms with van der Waals surface area (Å²) in [5.74, 6) is -0.208. The van der Waals surface area contributed by atoms with E-state index in [1.54, 1.807) is 6.92 Å². The van der Waals surface area contributed by atoms with E-state index in [1.807, 2.05) is 18.2 Å². The summed E-state index contributed by atoms with van der Waals surface area (Å²) in [6.45, 7) is 2.49. The van der Waals surface area contributed by atoms with Crippen molar-refractivity contribution in [1.82, 2.24) is 0 Å². The zero-order chi connectivity index (χ0) is 9.26. The molecule has 0 bridgehead atoms. The Kier molecular flexibility index (Phi) is 1.93. The second-order valence-electron chi connectivity index (χ2n) is 2.92. The highest BCUT2D eigenvalue weighted by Gasteiger charge is 2.07. The molecule has 2 rings (SSSR count). The van der Waals surface area contributed by atoms with Gasteiger partial charge < -0.3 is 10.1 Å². The molecule has 0 atom stereocenters. The fourth-order valence-corrected chi connectivity index (χ4v) is 1.32. The van der Waals surface area contributed by atoms with Crippen molar-refractivity contribution in [3.63, 3.8) is 0 Å². The van der Waals surface area contributed by atoms with E-state index in [4.69, 9.17) is 4.74 Å². The van der Waals surface area contributed by atoms with Crippen molar-refractivity contribution in [2.45, 2.75) is 6.92 Å². The van der Waals surface area contributed by atoms with Crippen LogP contribution in [0, 0.1) is 10.4 Å². The SMILES string of the molecule is CCOC(=O)CNc1cc2ccc1=2. The van der Waals surface area contributed by atoms with Crippen molar-refractivity contribution >= 4 is 11.7 Å². The first kappa shape index (κ1) is 8.10. The number of nitrogens with one attached hydrogen (secondary N) is 1. The van der Waals surface area contributed by atoms with Crippen LogP contribution in [-0.4, -0.2) is 19.1 Å². The molecule has 0 amide bonds. The molecule has 1 N–H and O–H groups in total. The van der Waals surface area contributed by atoms with E-state index >= 15 is 0 Å². The zero-order valence-electron chi connectivity index (χ0n) is 7.46. The van der Waals surface area contributed by atoms with E-state index in [0.29, 0.717) is 6.61 Å². The molecule has 0 aromatic carbocycles. The summed E-state index contributed by atoms with van der Waals surface area (Å²) >= 11 is 0. The predicted molar refractivity (Wildman–Crippen MR) is 49.2 cm³/mol. The maximum Gasteiger partial charge on any atom is 0.325 e. The minimum atomic E-state index is -0.208. The molecule has 2 aliphatic rings. The summed E-state index contributed by atoms with van der Waals surface area (Å²) in [6.07, 6.45) is 0. The van der Waals surface area contributed by atoms with E-state index in [-0.39, 0.29) is 12.5 Å². The lowest BCUT2D eigenvalue weighted by molar-refractivity contribution is -0.140. The summed E-state index contributed by atoms with van der Waals surface area (Å²) in [5, 5.41) is 5.51. The molecule has 0 heterocycles. The van der Waals surface area contributed by atoms with Gasteiger partial charge in [0.15, 0.2) is 0 Å². The number of carbonyl (C=O) groups is 1. The Balaban J connectivity index is 1.82. The average molecular weight is 177 g/mol. The van der Waals surface area contributed by atoms with Crippen molar-refractivity contribution in [2.24, 2.45) is 0 Å². The number of benzene rings is 1. The Bertz CT molecular complexity index is 425. The number of rotatable bonds is 4. The molecule has 13 heavy (non-hydrogen) atoms. The molecule has 0 radical (unpaired) electrons.